The van der Waals surface area contributed by atoms with E-state index in [1.54, 1.807) is 0 Å². The van der Waals surface area contributed by atoms with Crippen LogP contribution in [0.1, 0.15) is 0 Å². The second-order valence-corrected chi connectivity index (χ2v) is 14.0. The molecule has 0 bridgehead atoms. The molecule has 0 aliphatic rings. The Bertz CT molecular complexity index is 3180. The molecule has 5 heteroatoms. The van der Waals surface area contributed by atoms with E-state index in [0.29, 0.717) is 17.5 Å². The van der Waals surface area contributed by atoms with Crippen LogP contribution < -0.4 is 0 Å². The highest BCUT2D eigenvalue weighted by atomic mass is 16.3. The average molecular weight is 717 g/mol. The Morgan fingerprint density at radius 1 is 0.339 bits per heavy atom. The summed E-state index contributed by atoms with van der Waals surface area (Å²) in [5.74, 6) is 1.83. The van der Waals surface area contributed by atoms with Crippen molar-refractivity contribution in [2.75, 3.05) is 0 Å². The van der Waals surface area contributed by atoms with E-state index >= 15 is 0 Å². The van der Waals surface area contributed by atoms with Gasteiger partial charge in [-0.1, -0.05) is 152 Å². The van der Waals surface area contributed by atoms with Crippen molar-refractivity contribution < 1.29 is 4.42 Å². The van der Waals surface area contributed by atoms with Crippen molar-refractivity contribution in [3.05, 3.63) is 194 Å². The molecular weight excluding hydrogens is 685 g/mol. The zero-order valence-electron chi connectivity index (χ0n) is 30.2. The Kier molecular flexibility index (Phi) is 7.42. The minimum absolute atomic E-state index is 0.595. The zero-order chi connectivity index (χ0) is 37.0. The summed E-state index contributed by atoms with van der Waals surface area (Å²) in [4.78, 5) is 15.2. The number of hydrogen-bond donors (Lipinski definition) is 0. The third-order valence-electron chi connectivity index (χ3n) is 10.7. The number of hydrogen-bond acceptors (Lipinski definition) is 4. The number of para-hydroxylation sites is 2. The SMILES string of the molecule is c1ccc(-c2ccc(-c3nc(-c4ccccc4)nc(-c4cccc5oc6cc(-c7cccc(-n8c9ccccc9c9ccccc98)c7)ccc6c45)n3)cc2)cc1. The Morgan fingerprint density at radius 2 is 0.857 bits per heavy atom. The summed E-state index contributed by atoms with van der Waals surface area (Å²) >= 11 is 0. The molecule has 0 saturated heterocycles. The molecule has 0 spiro atoms. The first kappa shape index (κ1) is 31.9. The largest absolute Gasteiger partial charge is 0.456 e. The normalized spacial score (nSPS) is 11.6. The fourth-order valence-corrected chi connectivity index (χ4v) is 8.00. The van der Waals surface area contributed by atoms with Gasteiger partial charge in [-0.25, -0.2) is 15.0 Å². The molecule has 56 heavy (non-hydrogen) atoms. The topological polar surface area (TPSA) is 56.7 Å². The van der Waals surface area contributed by atoms with Crippen LogP contribution in [0.15, 0.2) is 199 Å². The Hall–Kier alpha value is -7.63. The molecule has 0 aliphatic carbocycles. The molecular formula is C51H32N4O. The fourth-order valence-electron chi connectivity index (χ4n) is 8.00. The van der Waals surface area contributed by atoms with Crippen molar-refractivity contribution in [1.82, 2.24) is 19.5 Å². The first-order valence-electron chi connectivity index (χ1n) is 18.8. The zero-order valence-corrected chi connectivity index (χ0v) is 30.2. The van der Waals surface area contributed by atoms with Crippen molar-refractivity contribution in [2.45, 2.75) is 0 Å². The van der Waals surface area contributed by atoms with Gasteiger partial charge in [-0.05, 0) is 64.7 Å². The van der Waals surface area contributed by atoms with Crippen LogP contribution in [0.4, 0.5) is 0 Å². The molecule has 0 amide bonds. The highest BCUT2D eigenvalue weighted by Crippen LogP contribution is 2.39. The number of aromatic nitrogens is 4. The summed E-state index contributed by atoms with van der Waals surface area (Å²) in [5, 5.41) is 4.47. The molecule has 0 radical (unpaired) electrons. The predicted molar refractivity (Wildman–Crippen MR) is 229 cm³/mol. The molecule has 3 aromatic heterocycles. The molecule has 0 unspecified atom stereocenters. The number of furan rings is 1. The van der Waals surface area contributed by atoms with E-state index in [1.807, 2.05) is 48.5 Å². The van der Waals surface area contributed by atoms with Gasteiger partial charge in [0.1, 0.15) is 11.2 Å². The van der Waals surface area contributed by atoms with Crippen molar-refractivity contribution in [2.24, 2.45) is 0 Å². The predicted octanol–water partition coefficient (Wildman–Crippen LogP) is 13.2. The van der Waals surface area contributed by atoms with E-state index in [-0.39, 0.29) is 0 Å². The first-order valence-corrected chi connectivity index (χ1v) is 18.8. The van der Waals surface area contributed by atoms with E-state index in [9.17, 15) is 0 Å². The molecule has 8 aromatic carbocycles. The van der Waals surface area contributed by atoms with E-state index in [4.69, 9.17) is 19.4 Å². The molecule has 11 rings (SSSR count). The Labute approximate surface area is 322 Å². The molecule has 3 heterocycles. The van der Waals surface area contributed by atoms with Crippen LogP contribution in [0.5, 0.6) is 0 Å². The van der Waals surface area contributed by atoms with Gasteiger partial charge in [-0.15, -0.1) is 0 Å². The molecule has 0 fully saturated rings. The molecule has 262 valence electrons. The summed E-state index contributed by atoms with van der Waals surface area (Å²) in [6.45, 7) is 0. The van der Waals surface area contributed by atoms with E-state index in [1.165, 1.54) is 21.8 Å². The van der Waals surface area contributed by atoms with Crippen LogP contribution in [0, 0.1) is 0 Å². The molecule has 11 aromatic rings. The second kappa shape index (κ2) is 13.0. The lowest BCUT2D eigenvalue weighted by Crippen LogP contribution is -2.00. The summed E-state index contributed by atoms with van der Waals surface area (Å²) in [6.07, 6.45) is 0. The molecule has 0 aliphatic heterocycles. The van der Waals surface area contributed by atoms with E-state index in [0.717, 1.165) is 66.6 Å². The van der Waals surface area contributed by atoms with Gasteiger partial charge in [0.15, 0.2) is 17.5 Å². The Morgan fingerprint density at radius 3 is 1.57 bits per heavy atom. The lowest BCUT2D eigenvalue weighted by atomic mass is 10.0. The van der Waals surface area contributed by atoms with Gasteiger partial charge in [0.25, 0.3) is 0 Å². The molecule has 0 saturated carbocycles. The van der Waals surface area contributed by atoms with Gasteiger partial charge in [-0.2, -0.15) is 0 Å². The van der Waals surface area contributed by atoms with Gasteiger partial charge in [0.05, 0.1) is 11.0 Å². The minimum atomic E-state index is 0.595. The average Bonchev–Trinajstić information content (AvgIpc) is 3.82. The van der Waals surface area contributed by atoms with Crippen LogP contribution >= 0.6 is 0 Å². The van der Waals surface area contributed by atoms with Crippen molar-refractivity contribution in [1.29, 1.82) is 0 Å². The number of fused-ring (bicyclic) bond motifs is 6. The molecule has 5 nitrogen and oxygen atoms in total. The van der Waals surface area contributed by atoms with Gasteiger partial charge in [0.2, 0.25) is 0 Å². The van der Waals surface area contributed by atoms with Crippen molar-refractivity contribution in [3.8, 4) is 62.1 Å². The molecule has 0 N–H and O–H groups in total. The first-order chi connectivity index (χ1) is 27.7. The third kappa shape index (κ3) is 5.37. The van der Waals surface area contributed by atoms with Gasteiger partial charge in [-0.3, -0.25) is 0 Å². The van der Waals surface area contributed by atoms with Crippen molar-refractivity contribution in [3.63, 3.8) is 0 Å². The van der Waals surface area contributed by atoms with Crippen LogP contribution in [0.25, 0.3) is 106 Å². The van der Waals surface area contributed by atoms with Crippen LogP contribution in [0.3, 0.4) is 0 Å². The monoisotopic (exact) mass is 716 g/mol. The lowest BCUT2D eigenvalue weighted by molar-refractivity contribution is 0.669. The standard InChI is InChI=1S/C51H32N4O/c1-3-13-33(14-4-1)34-25-27-36(28-26-34)50-52-49(35-15-5-2-6-16-35)53-51(54-50)43-21-12-24-46-48(43)42-30-29-38(32-47(42)56-46)37-17-11-18-39(31-37)55-44-22-9-7-19-40(44)41-20-8-10-23-45(41)55/h1-32H. The number of nitrogens with zero attached hydrogens (tertiary/aromatic N) is 4. The van der Waals surface area contributed by atoms with Crippen LogP contribution in [0.2, 0.25) is 0 Å². The summed E-state index contributed by atoms with van der Waals surface area (Å²) in [5.41, 5.74) is 12.3. The highest BCUT2D eigenvalue weighted by Gasteiger charge is 2.19. The maximum absolute atomic E-state index is 6.60. The van der Waals surface area contributed by atoms with Gasteiger partial charge >= 0.3 is 0 Å². The Balaban J connectivity index is 1.02. The van der Waals surface area contributed by atoms with Gasteiger partial charge < -0.3 is 8.98 Å². The fraction of sp³-hybridized carbons (Fsp3) is 0. The van der Waals surface area contributed by atoms with E-state index in [2.05, 4.69) is 150 Å². The highest BCUT2D eigenvalue weighted by molar-refractivity contribution is 6.13. The smallest absolute Gasteiger partial charge is 0.164 e. The minimum Gasteiger partial charge on any atom is -0.456 e. The summed E-state index contributed by atoms with van der Waals surface area (Å²) < 4.78 is 8.95. The van der Waals surface area contributed by atoms with E-state index < -0.39 is 0 Å². The summed E-state index contributed by atoms with van der Waals surface area (Å²) in [6, 6.07) is 67.4. The maximum Gasteiger partial charge on any atom is 0.164 e. The second-order valence-electron chi connectivity index (χ2n) is 14.0. The number of rotatable bonds is 6. The quantitative estimate of drug-likeness (QED) is 0.172. The third-order valence-corrected chi connectivity index (χ3v) is 10.7. The van der Waals surface area contributed by atoms with Crippen LogP contribution in [-0.4, -0.2) is 19.5 Å². The van der Waals surface area contributed by atoms with Crippen molar-refractivity contribution >= 4 is 43.7 Å². The van der Waals surface area contributed by atoms with Crippen LogP contribution in [-0.2, 0) is 0 Å². The lowest BCUT2D eigenvalue weighted by Gasteiger charge is -2.10. The summed E-state index contributed by atoms with van der Waals surface area (Å²) in [7, 11) is 0. The van der Waals surface area contributed by atoms with Gasteiger partial charge in [0, 0.05) is 43.9 Å². The molecule has 0 atom stereocenters. The number of benzene rings is 8. The maximum atomic E-state index is 6.60.